The van der Waals surface area contributed by atoms with Crippen molar-refractivity contribution in [2.24, 2.45) is 0 Å². The molecule has 5 heteroatoms. The van der Waals surface area contributed by atoms with Crippen LogP contribution in [0.4, 0.5) is 0 Å². The van der Waals surface area contributed by atoms with Crippen molar-refractivity contribution in [1.29, 1.82) is 0 Å². The number of hydrogen-bond donors (Lipinski definition) is 1. The van der Waals surface area contributed by atoms with Gasteiger partial charge in [0.25, 0.3) is 5.91 Å². The molecule has 2 aromatic rings. The van der Waals surface area contributed by atoms with E-state index in [9.17, 15) is 4.79 Å². The van der Waals surface area contributed by atoms with Gasteiger partial charge >= 0.3 is 0 Å². The van der Waals surface area contributed by atoms with Gasteiger partial charge in [-0.25, -0.2) is 0 Å². The molecule has 0 saturated carbocycles. The second-order valence-electron chi connectivity index (χ2n) is 4.58. The summed E-state index contributed by atoms with van der Waals surface area (Å²) in [5.74, 6) is 1.45. The molecule has 1 amide bonds. The van der Waals surface area contributed by atoms with Gasteiger partial charge in [0, 0.05) is 0 Å². The standard InChI is InChI=1S/C15H15NO3S/c1-10(16-15(17)14-3-2-8-20-14)11-4-5-12-13(9-11)19-7-6-18-12/h2-5,8-10H,6-7H2,1H3,(H,16,17). The first-order valence-corrected chi connectivity index (χ1v) is 7.36. The molecule has 1 aromatic carbocycles. The predicted octanol–water partition coefficient (Wildman–Crippen LogP) is 3.01. The van der Waals surface area contributed by atoms with Gasteiger partial charge in [-0.15, -0.1) is 11.3 Å². The number of fused-ring (bicyclic) bond motifs is 1. The molecule has 1 aromatic heterocycles. The zero-order valence-electron chi connectivity index (χ0n) is 11.1. The van der Waals surface area contributed by atoms with Gasteiger partial charge in [-0.05, 0) is 36.1 Å². The molecule has 1 aliphatic rings. The number of carbonyl (C=O) groups is 1. The fourth-order valence-corrected chi connectivity index (χ4v) is 2.71. The topological polar surface area (TPSA) is 47.6 Å². The Balaban J connectivity index is 1.74. The summed E-state index contributed by atoms with van der Waals surface area (Å²) in [6.45, 7) is 3.10. The van der Waals surface area contributed by atoms with E-state index in [1.807, 2.05) is 42.6 Å². The fraction of sp³-hybridized carbons (Fsp3) is 0.267. The lowest BCUT2D eigenvalue weighted by Gasteiger charge is -2.21. The quantitative estimate of drug-likeness (QED) is 0.945. The molecule has 0 spiro atoms. The molecule has 3 rings (SSSR count). The summed E-state index contributed by atoms with van der Waals surface area (Å²) < 4.78 is 11.0. The molecule has 1 aliphatic heterocycles. The lowest BCUT2D eigenvalue weighted by atomic mass is 10.1. The molecular formula is C15H15NO3S. The maximum absolute atomic E-state index is 12.0. The van der Waals surface area contributed by atoms with Crippen LogP contribution in [0.2, 0.25) is 0 Å². The minimum absolute atomic E-state index is 0.0533. The molecule has 0 saturated heterocycles. The Labute approximate surface area is 121 Å². The highest BCUT2D eigenvalue weighted by Gasteiger charge is 2.16. The molecule has 0 bridgehead atoms. The van der Waals surface area contributed by atoms with E-state index in [4.69, 9.17) is 9.47 Å². The van der Waals surface area contributed by atoms with E-state index < -0.39 is 0 Å². The van der Waals surface area contributed by atoms with Crippen LogP contribution in [0, 0.1) is 0 Å². The summed E-state index contributed by atoms with van der Waals surface area (Å²) in [5.41, 5.74) is 0.999. The third-order valence-electron chi connectivity index (χ3n) is 3.16. The van der Waals surface area contributed by atoms with Gasteiger partial charge in [0.15, 0.2) is 11.5 Å². The van der Waals surface area contributed by atoms with E-state index >= 15 is 0 Å². The van der Waals surface area contributed by atoms with Crippen LogP contribution in [-0.2, 0) is 0 Å². The average Bonchev–Trinajstić information content (AvgIpc) is 3.01. The number of benzene rings is 1. The third-order valence-corrected chi connectivity index (χ3v) is 4.03. The Hall–Kier alpha value is -2.01. The van der Waals surface area contributed by atoms with Crippen molar-refractivity contribution in [3.63, 3.8) is 0 Å². The molecule has 0 fully saturated rings. The fourth-order valence-electron chi connectivity index (χ4n) is 2.09. The molecule has 0 aliphatic carbocycles. The zero-order valence-corrected chi connectivity index (χ0v) is 11.9. The number of hydrogen-bond acceptors (Lipinski definition) is 4. The van der Waals surface area contributed by atoms with E-state index in [1.165, 1.54) is 11.3 Å². The number of thiophene rings is 1. The van der Waals surface area contributed by atoms with Crippen molar-refractivity contribution in [2.45, 2.75) is 13.0 Å². The normalized spacial score (nSPS) is 14.7. The molecule has 4 nitrogen and oxygen atoms in total. The van der Waals surface area contributed by atoms with Crippen molar-refractivity contribution in [3.05, 3.63) is 46.2 Å². The summed E-state index contributed by atoms with van der Waals surface area (Å²) in [5, 5.41) is 4.87. The monoisotopic (exact) mass is 289 g/mol. The maximum atomic E-state index is 12.0. The van der Waals surface area contributed by atoms with Gasteiger partial charge in [-0.1, -0.05) is 12.1 Å². The number of carbonyl (C=O) groups excluding carboxylic acids is 1. The van der Waals surface area contributed by atoms with Crippen LogP contribution < -0.4 is 14.8 Å². The Morgan fingerprint density at radius 3 is 2.80 bits per heavy atom. The van der Waals surface area contributed by atoms with Gasteiger partial charge in [0.1, 0.15) is 13.2 Å². The Morgan fingerprint density at radius 1 is 1.25 bits per heavy atom. The summed E-state index contributed by atoms with van der Waals surface area (Å²) in [4.78, 5) is 12.7. The van der Waals surface area contributed by atoms with Gasteiger partial charge in [-0.2, -0.15) is 0 Å². The second kappa shape index (κ2) is 5.54. The van der Waals surface area contributed by atoms with Gasteiger partial charge in [0.2, 0.25) is 0 Å². The highest BCUT2D eigenvalue weighted by Crippen LogP contribution is 2.32. The lowest BCUT2D eigenvalue weighted by Crippen LogP contribution is -2.26. The minimum atomic E-state index is -0.0829. The lowest BCUT2D eigenvalue weighted by molar-refractivity contribution is 0.0944. The van der Waals surface area contributed by atoms with Crippen molar-refractivity contribution in [2.75, 3.05) is 13.2 Å². The first kappa shape index (κ1) is 13.0. The van der Waals surface area contributed by atoms with E-state index in [-0.39, 0.29) is 11.9 Å². The summed E-state index contributed by atoms with van der Waals surface area (Å²) in [6.07, 6.45) is 0. The van der Waals surface area contributed by atoms with Crippen LogP contribution in [0.3, 0.4) is 0 Å². The van der Waals surface area contributed by atoms with Crippen LogP contribution in [-0.4, -0.2) is 19.1 Å². The molecule has 1 N–H and O–H groups in total. The van der Waals surface area contributed by atoms with Crippen LogP contribution in [0.5, 0.6) is 11.5 Å². The number of ether oxygens (including phenoxy) is 2. The molecule has 20 heavy (non-hydrogen) atoms. The molecule has 2 heterocycles. The number of nitrogens with one attached hydrogen (secondary N) is 1. The molecule has 1 unspecified atom stereocenters. The highest BCUT2D eigenvalue weighted by atomic mass is 32.1. The number of amides is 1. The van der Waals surface area contributed by atoms with Crippen molar-refractivity contribution >= 4 is 17.2 Å². The first-order valence-electron chi connectivity index (χ1n) is 6.48. The smallest absolute Gasteiger partial charge is 0.261 e. The minimum Gasteiger partial charge on any atom is -0.486 e. The molecule has 0 radical (unpaired) electrons. The van der Waals surface area contributed by atoms with Crippen molar-refractivity contribution < 1.29 is 14.3 Å². The largest absolute Gasteiger partial charge is 0.486 e. The zero-order chi connectivity index (χ0) is 13.9. The molecule has 1 atom stereocenters. The summed E-state index contributed by atoms with van der Waals surface area (Å²) in [6, 6.07) is 9.36. The van der Waals surface area contributed by atoms with Crippen molar-refractivity contribution in [1.82, 2.24) is 5.32 Å². The van der Waals surface area contributed by atoms with Gasteiger partial charge in [-0.3, -0.25) is 4.79 Å². The van der Waals surface area contributed by atoms with Crippen LogP contribution in [0.25, 0.3) is 0 Å². The van der Waals surface area contributed by atoms with Gasteiger partial charge in [0.05, 0.1) is 10.9 Å². The number of rotatable bonds is 3. The predicted molar refractivity (Wildman–Crippen MR) is 77.6 cm³/mol. The van der Waals surface area contributed by atoms with Crippen LogP contribution >= 0.6 is 11.3 Å². The van der Waals surface area contributed by atoms with Crippen LogP contribution in [0.1, 0.15) is 28.2 Å². The first-order chi connectivity index (χ1) is 9.74. The van der Waals surface area contributed by atoms with E-state index in [0.29, 0.717) is 13.2 Å². The van der Waals surface area contributed by atoms with E-state index in [0.717, 1.165) is 21.9 Å². The molecular weight excluding hydrogens is 274 g/mol. The third kappa shape index (κ3) is 2.63. The Kier molecular flexibility index (Phi) is 3.60. The van der Waals surface area contributed by atoms with E-state index in [1.54, 1.807) is 0 Å². The van der Waals surface area contributed by atoms with E-state index in [2.05, 4.69) is 5.32 Å². The average molecular weight is 289 g/mol. The maximum Gasteiger partial charge on any atom is 0.261 e. The summed E-state index contributed by atoms with van der Waals surface area (Å²) in [7, 11) is 0. The summed E-state index contributed by atoms with van der Waals surface area (Å²) >= 11 is 1.43. The Bertz CT molecular complexity index is 610. The SMILES string of the molecule is CC(NC(=O)c1cccs1)c1ccc2c(c1)OCCO2. The Morgan fingerprint density at radius 2 is 2.05 bits per heavy atom. The molecule has 104 valence electrons. The van der Waals surface area contributed by atoms with Crippen molar-refractivity contribution in [3.8, 4) is 11.5 Å². The highest BCUT2D eigenvalue weighted by molar-refractivity contribution is 7.12. The van der Waals surface area contributed by atoms with Gasteiger partial charge < -0.3 is 14.8 Å². The van der Waals surface area contributed by atoms with Crippen LogP contribution in [0.15, 0.2) is 35.7 Å². The second-order valence-corrected chi connectivity index (χ2v) is 5.52.